The molecule has 3 aromatic rings. The quantitative estimate of drug-likeness (QED) is 0.722. The number of rotatable bonds is 4. The summed E-state index contributed by atoms with van der Waals surface area (Å²) in [6.45, 7) is 2.31. The van der Waals surface area contributed by atoms with Gasteiger partial charge in [-0.3, -0.25) is 0 Å². The molecule has 0 aliphatic rings. The molecule has 4 nitrogen and oxygen atoms in total. The highest BCUT2D eigenvalue weighted by molar-refractivity contribution is 7.21. The Labute approximate surface area is 141 Å². The number of carbonyl (C=O) groups is 1. The first-order valence-corrected chi connectivity index (χ1v) is 8.62. The summed E-state index contributed by atoms with van der Waals surface area (Å²) in [5.41, 5.74) is 1.33. The van der Waals surface area contributed by atoms with Crippen molar-refractivity contribution in [2.24, 2.45) is 0 Å². The molecule has 2 heterocycles. The molecule has 2 aromatic heterocycles. The first-order valence-electron chi connectivity index (χ1n) is 6.92. The van der Waals surface area contributed by atoms with Gasteiger partial charge in [0, 0.05) is 10.6 Å². The van der Waals surface area contributed by atoms with Crippen LogP contribution in [-0.4, -0.2) is 11.0 Å². The number of benzene rings is 1. The van der Waals surface area contributed by atoms with Crippen molar-refractivity contribution in [1.82, 2.24) is 10.3 Å². The Morgan fingerprint density at radius 2 is 2.17 bits per heavy atom. The average molecular weight is 347 g/mol. The molecular weight excluding hydrogens is 333 g/mol. The maximum atomic E-state index is 13.1. The standard InChI is InChI=1S/C16H14FN3OS2/c1-10-14(23-15(19-10)13-6-3-7-22-13)9-18-16(21)20-12-5-2-4-11(17)8-12/h2-8H,9H2,1H3,(H2,18,20,21). The maximum Gasteiger partial charge on any atom is 0.319 e. The van der Waals surface area contributed by atoms with E-state index in [-0.39, 0.29) is 11.8 Å². The van der Waals surface area contributed by atoms with Crippen molar-refractivity contribution in [2.45, 2.75) is 13.5 Å². The normalized spacial score (nSPS) is 10.5. The van der Waals surface area contributed by atoms with Gasteiger partial charge >= 0.3 is 6.03 Å². The molecule has 0 saturated heterocycles. The van der Waals surface area contributed by atoms with Gasteiger partial charge in [-0.25, -0.2) is 14.2 Å². The van der Waals surface area contributed by atoms with Crippen LogP contribution in [0.1, 0.15) is 10.6 Å². The van der Waals surface area contributed by atoms with Gasteiger partial charge in [0.2, 0.25) is 0 Å². The molecule has 0 fully saturated rings. The Morgan fingerprint density at radius 3 is 2.91 bits per heavy atom. The summed E-state index contributed by atoms with van der Waals surface area (Å²) in [4.78, 5) is 18.5. The second-order valence-corrected chi connectivity index (χ2v) is 6.85. The van der Waals surface area contributed by atoms with Crippen LogP contribution in [0, 0.1) is 12.7 Å². The van der Waals surface area contributed by atoms with Gasteiger partial charge in [-0.2, -0.15) is 0 Å². The van der Waals surface area contributed by atoms with E-state index in [4.69, 9.17) is 0 Å². The summed E-state index contributed by atoms with van der Waals surface area (Å²) >= 11 is 3.20. The molecule has 2 amide bonds. The molecule has 0 aliphatic heterocycles. The number of hydrogen-bond acceptors (Lipinski definition) is 4. The van der Waals surface area contributed by atoms with Gasteiger partial charge in [0.15, 0.2) is 0 Å². The first-order chi connectivity index (χ1) is 11.1. The predicted octanol–water partition coefficient (Wildman–Crippen LogP) is 4.64. The minimum atomic E-state index is -0.387. The maximum absolute atomic E-state index is 13.1. The number of carbonyl (C=O) groups excluding carboxylic acids is 1. The zero-order valence-electron chi connectivity index (χ0n) is 12.3. The molecule has 0 atom stereocenters. The van der Waals surface area contributed by atoms with Crippen LogP contribution < -0.4 is 10.6 Å². The third kappa shape index (κ3) is 3.94. The van der Waals surface area contributed by atoms with Crippen molar-refractivity contribution >= 4 is 34.4 Å². The van der Waals surface area contributed by atoms with Crippen LogP contribution in [0.3, 0.4) is 0 Å². The number of aryl methyl sites for hydroxylation is 1. The van der Waals surface area contributed by atoms with E-state index < -0.39 is 0 Å². The van der Waals surface area contributed by atoms with Gasteiger partial charge in [0.05, 0.1) is 17.1 Å². The number of thiazole rings is 1. The van der Waals surface area contributed by atoms with Gasteiger partial charge in [0.25, 0.3) is 0 Å². The highest BCUT2D eigenvalue weighted by atomic mass is 32.1. The highest BCUT2D eigenvalue weighted by Gasteiger charge is 2.11. The third-order valence-corrected chi connectivity index (χ3v) is 5.31. The lowest BCUT2D eigenvalue weighted by molar-refractivity contribution is 0.252. The second-order valence-electron chi connectivity index (χ2n) is 4.82. The minimum absolute atomic E-state index is 0.374. The smallest absolute Gasteiger partial charge is 0.319 e. The number of halogens is 1. The summed E-state index contributed by atoms with van der Waals surface area (Å²) in [6.07, 6.45) is 0. The SMILES string of the molecule is Cc1nc(-c2cccs2)sc1CNC(=O)Nc1cccc(F)c1. The molecule has 0 bridgehead atoms. The van der Waals surface area contributed by atoms with E-state index >= 15 is 0 Å². The molecule has 2 N–H and O–H groups in total. The fourth-order valence-corrected chi connectivity index (χ4v) is 3.80. The number of urea groups is 1. The summed E-state index contributed by atoms with van der Waals surface area (Å²) < 4.78 is 13.1. The van der Waals surface area contributed by atoms with E-state index in [9.17, 15) is 9.18 Å². The number of anilines is 1. The molecular formula is C16H14FN3OS2. The third-order valence-electron chi connectivity index (χ3n) is 3.12. The number of hydrogen-bond donors (Lipinski definition) is 2. The summed E-state index contributed by atoms with van der Waals surface area (Å²) in [6, 6.07) is 9.42. The zero-order valence-corrected chi connectivity index (χ0v) is 13.9. The predicted molar refractivity (Wildman–Crippen MR) is 92.4 cm³/mol. The van der Waals surface area contributed by atoms with Gasteiger partial charge < -0.3 is 10.6 Å². The fraction of sp³-hybridized carbons (Fsp3) is 0.125. The number of aromatic nitrogens is 1. The Balaban J connectivity index is 1.61. The number of thiophene rings is 1. The van der Waals surface area contributed by atoms with E-state index in [1.807, 2.05) is 24.4 Å². The first kappa shape index (κ1) is 15.6. The lowest BCUT2D eigenvalue weighted by Crippen LogP contribution is -2.28. The lowest BCUT2D eigenvalue weighted by Gasteiger charge is -2.06. The molecule has 0 aliphatic carbocycles. The van der Waals surface area contributed by atoms with Gasteiger partial charge in [-0.05, 0) is 36.6 Å². The zero-order chi connectivity index (χ0) is 16.2. The molecule has 0 radical (unpaired) electrons. The summed E-state index contributed by atoms with van der Waals surface area (Å²) in [5.74, 6) is -0.387. The topological polar surface area (TPSA) is 54.0 Å². The summed E-state index contributed by atoms with van der Waals surface area (Å²) in [7, 11) is 0. The van der Waals surface area contributed by atoms with E-state index in [1.165, 1.54) is 12.1 Å². The monoisotopic (exact) mass is 347 g/mol. The number of nitrogens with one attached hydrogen (secondary N) is 2. The van der Waals surface area contributed by atoms with Gasteiger partial charge in [-0.1, -0.05) is 12.1 Å². The number of amides is 2. The number of nitrogens with zero attached hydrogens (tertiary/aromatic N) is 1. The van der Waals surface area contributed by atoms with Crippen molar-refractivity contribution in [3.8, 4) is 9.88 Å². The molecule has 7 heteroatoms. The van der Waals surface area contributed by atoms with Crippen LogP contribution in [0.25, 0.3) is 9.88 Å². The van der Waals surface area contributed by atoms with E-state index in [1.54, 1.807) is 34.8 Å². The molecule has 118 valence electrons. The molecule has 1 aromatic carbocycles. The second kappa shape index (κ2) is 6.89. The van der Waals surface area contributed by atoms with Crippen LogP contribution in [-0.2, 0) is 6.54 Å². The van der Waals surface area contributed by atoms with E-state index in [0.717, 1.165) is 20.5 Å². The minimum Gasteiger partial charge on any atom is -0.333 e. The van der Waals surface area contributed by atoms with Crippen LogP contribution in [0.2, 0.25) is 0 Å². The largest absolute Gasteiger partial charge is 0.333 e. The Bertz CT molecular complexity index is 815. The van der Waals surface area contributed by atoms with Crippen LogP contribution >= 0.6 is 22.7 Å². The molecule has 3 rings (SSSR count). The summed E-state index contributed by atoms with van der Waals surface area (Å²) in [5, 5.41) is 8.34. The van der Waals surface area contributed by atoms with Crippen molar-refractivity contribution in [1.29, 1.82) is 0 Å². The average Bonchev–Trinajstić information content (AvgIpc) is 3.14. The molecule has 23 heavy (non-hydrogen) atoms. The Morgan fingerprint density at radius 1 is 1.30 bits per heavy atom. The highest BCUT2D eigenvalue weighted by Crippen LogP contribution is 2.30. The van der Waals surface area contributed by atoms with Crippen molar-refractivity contribution in [3.05, 3.63) is 58.2 Å². The van der Waals surface area contributed by atoms with Gasteiger partial charge in [0.1, 0.15) is 10.8 Å². The molecule has 0 spiro atoms. The van der Waals surface area contributed by atoms with E-state index in [0.29, 0.717) is 12.2 Å². The van der Waals surface area contributed by atoms with E-state index in [2.05, 4.69) is 15.6 Å². The lowest BCUT2D eigenvalue weighted by atomic mass is 10.3. The van der Waals surface area contributed by atoms with Crippen molar-refractivity contribution < 1.29 is 9.18 Å². The fourth-order valence-electron chi connectivity index (χ4n) is 2.00. The van der Waals surface area contributed by atoms with Gasteiger partial charge in [-0.15, -0.1) is 22.7 Å². The Hall–Kier alpha value is -2.25. The van der Waals surface area contributed by atoms with Crippen LogP contribution in [0.4, 0.5) is 14.9 Å². The van der Waals surface area contributed by atoms with Crippen LogP contribution in [0.5, 0.6) is 0 Å². The molecule has 0 saturated carbocycles. The van der Waals surface area contributed by atoms with Crippen LogP contribution in [0.15, 0.2) is 41.8 Å². The Kier molecular flexibility index (Phi) is 4.68. The van der Waals surface area contributed by atoms with Crippen molar-refractivity contribution in [2.75, 3.05) is 5.32 Å². The molecule has 0 unspecified atom stereocenters. The van der Waals surface area contributed by atoms with Crippen molar-refractivity contribution in [3.63, 3.8) is 0 Å².